The molecule has 0 radical (unpaired) electrons. The highest BCUT2D eigenvalue weighted by Gasteiger charge is 2.52. The average molecular weight is 363 g/mol. The summed E-state index contributed by atoms with van der Waals surface area (Å²) in [4.78, 5) is 0. The molecule has 1 fully saturated rings. The lowest BCUT2D eigenvalue weighted by Gasteiger charge is -2.32. The van der Waals surface area contributed by atoms with Crippen LogP contribution in [0.4, 0.5) is 4.39 Å². The van der Waals surface area contributed by atoms with Crippen molar-refractivity contribution >= 4 is 24.2 Å². The molecular formula is C19H21BClFO3. The van der Waals surface area contributed by atoms with Gasteiger partial charge in [-0.3, -0.25) is 0 Å². The van der Waals surface area contributed by atoms with Crippen LogP contribution in [-0.4, -0.2) is 18.3 Å². The van der Waals surface area contributed by atoms with Crippen molar-refractivity contribution < 1.29 is 18.4 Å². The molecule has 0 amide bonds. The number of ether oxygens (including phenoxy) is 1. The highest BCUT2D eigenvalue weighted by molar-refractivity contribution is 6.62. The lowest BCUT2D eigenvalue weighted by Crippen LogP contribution is -2.41. The van der Waals surface area contributed by atoms with Crippen LogP contribution in [0.5, 0.6) is 5.75 Å². The zero-order valence-electron chi connectivity index (χ0n) is 14.8. The first-order valence-electron chi connectivity index (χ1n) is 8.20. The predicted octanol–water partition coefficient (Wildman–Crippen LogP) is 4.36. The van der Waals surface area contributed by atoms with E-state index in [0.717, 1.165) is 5.56 Å². The molecule has 0 atom stereocenters. The predicted molar refractivity (Wildman–Crippen MR) is 97.9 cm³/mol. The second-order valence-corrected chi connectivity index (χ2v) is 7.61. The Balaban J connectivity index is 1.83. The fourth-order valence-corrected chi connectivity index (χ4v) is 2.70. The minimum atomic E-state index is -0.635. The zero-order valence-corrected chi connectivity index (χ0v) is 15.6. The number of rotatable bonds is 4. The first-order valence-corrected chi connectivity index (χ1v) is 8.58. The smallest absolute Gasteiger partial charge is 0.489 e. The van der Waals surface area contributed by atoms with Gasteiger partial charge >= 0.3 is 7.12 Å². The molecule has 0 saturated carbocycles. The van der Waals surface area contributed by atoms with Gasteiger partial charge in [0.25, 0.3) is 0 Å². The van der Waals surface area contributed by atoms with Crippen molar-refractivity contribution in [2.24, 2.45) is 0 Å². The molecule has 3 nitrogen and oxygen atoms in total. The maximum Gasteiger partial charge on any atom is 0.495 e. The van der Waals surface area contributed by atoms with E-state index in [1.165, 1.54) is 12.1 Å². The number of halogens is 2. The summed E-state index contributed by atoms with van der Waals surface area (Å²) in [5, 5.41) is 0.645. The summed E-state index contributed by atoms with van der Waals surface area (Å²) >= 11 is 5.88. The molecule has 2 aromatic carbocycles. The largest absolute Gasteiger partial charge is 0.495 e. The van der Waals surface area contributed by atoms with Crippen LogP contribution in [0.3, 0.4) is 0 Å². The number of hydrogen-bond donors (Lipinski definition) is 0. The van der Waals surface area contributed by atoms with Gasteiger partial charge in [0.15, 0.2) is 0 Å². The first-order chi connectivity index (χ1) is 11.7. The van der Waals surface area contributed by atoms with Crippen molar-refractivity contribution in [1.29, 1.82) is 0 Å². The quantitative estimate of drug-likeness (QED) is 0.757. The van der Waals surface area contributed by atoms with Crippen LogP contribution in [0.15, 0.2) is 42.5 Å². The van der Waals surface area contributed by atoms with Gasteiger partial charge in [-0.1, -0.05) is 17.7 Å². The Morgan fingerprint density at radius 3 is 2.20 bits per heavy atom. The minimum absolute atomic E-state index is 0.279. The molecular weight excluding hydrogens is 341 g/mol. The zero-order chi connectivity index (χ0) is 18.2. The van der Waals surface area contributed by atoms with Crippen molar-refractivity contribution in [3.63, 3.8) is 0 Å². The standard InChI is InChI=1S/C19H21BClFO3/c1-18(2)19(3,4)25-20(24-18)17-11-15(22)8-5-13(17)12-23-16-9-6-14(21)7-10-16/h5-11H,12H2,1-4H3. The summed E-state index contributed by atoms with van der Waals surface area (Å²) in [5.74, 6) is 0.355. The average Bonchev–Trinajstić information content (AvgIpc) is 2.75. The molecule has 1 aliphatic heterocycles. The van der Waals surface area contributed by atoms with Gasteiger partial charge in [0, 0.05) is 5.02 Å². The molecule has 1 heterocycles. The van der Waals surface area contributed by atoms with E-state index in [9.17, 15) is 4.39 Å². The van der Waals surface area contributed by atoms with Gasteiger partial charge in [-0.15, -0.1) is 0 Å². The summed E-state index contributed by atoms with van der Waals surface area (Å²) in [6.07, 6.45) is 0. The van der Waals surface area contributed by atoms with E-state index in [1.807, 2.05) is 27.7 Å². The van der Waals surface area contributed by atoms with E-state index in [0.29, 0.717) is 16.2 Å². The van der Waals surface area contributed by atoms with Crippen LogP contribution < -0.4 is 10.2 Å². The fraction of sp³-hybridized carbons (Fsp3) is 0.368. The summed E-state index contributed by atoms with van der Waals surface area (Å²) < 4.78 is 31.7. The molecule has 0 aliphatic carbocycles. The van der Waals surface area contributed by atoms with E-state index < -0.39 is 18.3 Å². The van der Waals surface area contributed by atoms with Crippen LogP contribution in [0, 0.1) is 5.82 Å². The fourth-order valence-electron chi connectivity index (χ4n) is 2.58. The van der Waals surface area contributed by atoms with Crippen LogP contribution in [0.1, 0.15) is 33.3 Å². The Morgan fingerprint density at radius 2 is 1.60 bits per heavy atom. The molecule has 0 spiro atoms. The van der Waals surface area contributed by atoms with Crippen molar-refractivity contribution in [2.45, 2.75) is 45.5 Å². The third-order valence-corrected chi connectivity index (χ3v) is 5.08. The lowest BCUT2D eigenvalue weighted by molar-refractivity contribution is 0.00578. The summed E-state index contributed by atoms with van der Waals surface area (Å²) in [6, 6.07) is 11.7. The van der Waals surface area contributed by atoms with E-state index >= 15 is 0 Å². The molecule has 6 heteroatoms. The Morgan fingerprint density at radius 1 is 1.00 bits per heavy atom. The summed E-state index contributed by atoms with van der Waals surface area (Å²) in [5.41, 5.74) is 0.485. The highest BCUT2D eigenvalue weighted by atomic mass is 35.5. The monoisotopic (exact) mass is 362 g/mol. The second kappa shape index (κ2) is 6.63. The van der Waals surface area contributed by atoms with Gasteiger partial charge in [-0.25, -0.2) is 4.39 Å². The van der Waals surface area contributed by atoms with Crippen molar-refractivity contribution in [2.75, 3.05) is 0 Å². The molecule has 3 rings (SSSR count). The molecule has 0 aromatic heterocycles. The van der Waals surface area contributed by atoms with Gasteiger partial charge in [0.1, 0.15) is 18.2 Å². The first kappa shape index (κ1) is 18.2. The molecule has 0 N–H and O–H groups in total. The van der Waals surface area contributed by atoms with Crippen LogP contribution in [0.2, 0.25) is 5.02 Å². The molecule has 0 bridgehead atoms. The van der Waals surface area contributed by atoms with E-state index in [1.54, 1.807) is 30.3 Å². The van der Waals surface area contributed by atoms with E-state index in [2.05, 4.69) is 0 Å². The Labute approximate surface area is 153 Å². The van der Waals surface area contributed by atoms with Crippen LogP contribution in [-0.2, 0) is 15.9 Å². The molecule has 25 heavy (non-hydrogen) atoms. The summed E-state index contributed by atoms with van der Waals surface area (Å²) in [7, 11) is -0.635. The van der Waals surface area contributed by atoms with Crippen molar-refractivity contribution in [3.05, 3.63) is 58.9 Å². The topological polar surface area (TPSA) is 27.7 Å². The Hall–Kier alpha value is -1.56. The molecule has 0 unspecified atom stereocenters. The molecule has 1 aliphatic rings. The maximum absolute atomic E-state index is 13.8. The van der Waals surface area contributed by atoms with Crippen molar-refractivity contribution in [3.8, 4) is 5.75 Å². The molecule has 132 valence electrons. The molecule has 2 aromatic rings. The molecule has 1 saturated heterocycles. The summed E-state index contributed by atoms with van der Waals surface area (Å²) in [6.45, 7) is 8.15. The van der Waals surface area contributed by atoms with E-state index in [4.69, 9.17) is 25.6 Å². The minimum Gasteiger partial charge on any atom is -0.489 e. The van der Waals surface area contributed by atoms with Gasteiger partial charge in [0.2, 0.25) is 0 Å². The van der Waals surface area contributed by atoms with Gasteiger partial charge in [-0.2, -0.15) is 0 Å². The van der Waals surface area contributed by atoms with Gasteiger partial charge in [0.05, 0.1) is 11.2 Å². The highest BCUT2D eigenvalue weighted by Crippen LogP contribution is 2.36. The normalized spacial score (nSPS) is 18.4. The van der Waals surface area contributed by atoms with Gasteiger partial charge < -0.3 is 14.0 Å². The maximum atomic E-state index is 13.8. The SMILES string of the molecule is CC1(C)OB(c2cc(F)ccc2COc2ccc(Cl)cc2)OC1(C)C. The van der Waals surface area contributed by atoms with Gasteiger partial charge in [-0.05, 0) is 75.1 Å². The third-order valence-electron chi connectivity index (χ3n) is 4.82. The Kier molecular flexibility index (Phi) is 4.84. The number of benzene rings is 2. The van der Waals surface area contributed by atoms with Crippen LogP contribution in [0.25, 0.3) is 0 Å². The van der Waals surface area contributed by atoms with Crippen molar-refractivity contribution in [1.82, 2.24) is 0 Å². The van der Waals surface area contributed by atoms with Crippen LogP contribution >= 0.6 is 11.6 Å². The Bertz CT molecular complexity index is 746. The lowest BCUT2D eigenvalue weighted by atomic mass is 9.76. The van der Waals surface area contributed by atoms with E-state index in [-0.39, 0.29) is 12.4 Å². The second-order valence-electron chi connectivity index (χ2n) is 7.17. The number of hydrogen-bond acceptors (Lipinski definition) is 3. The third kappa shape index (κ3) is 3.84.